The van der Waals surface area contributed by atoms with Crippen LogP contribution in [-0.4, -0.2) is 32.5 Å². The van der Waals surface area contributed by atoms with Gasteiger partial charge in [0.15, 0.2) is 5.78 Å². The molecule has 6 nitrogen and oxygen atoms in total. The molecule has 0 N–H and O–H groups in total. The fourth-order valence-corrected chi connectivity index (χ4v) is 2.92. The number of rotatable bonds is 2. The van der Waals surface area contributed by atoms with Crippen LogP contribution in [0.25, 0.3) is 17.0 Å². The van der Waals surface area contributed by atoms with Crippen LogP contribution in [0.4, 0.5) is 0 Å². The molecule has 0 aliphatic heterocycles. The summed E-state index contributed by atoms with van der Waals surface area (Å²) < 4.78 is 6.84. The summed E-state index contributed by atoms with van der Waals surface area (Å²) in [5, 5.41) is 4.24. The molecule has 0 bridgehead atoms. The van der Waals surface area contributed by atoms with Gasteiger partial charge in [0.1, 0.15) is 12.1 Å². The summed E-state index contributed by atoms with van der Waals surface area (Å²) in [6.07, 6.45) is 3.65. The molecule has 0 atom stereocenters. The number of aromatic nitrogens is 4. The zero-order valence-corrected chi connectivity index (χ0v) is 12.1. The second-order valence-electron chi connectivity index (χ2n) is 5.26. The highest BCUT2D eigenvalue weighted by molar-refractivity contribution is 6.03. The first-order valence-electron chi connectivity index (χ1n) is 7.18. The van der Waals surface area contributed by atoms with Gasteiger partial charge in [-0.2, -0.15) is 14.6 Å². The number of aryl methyl sites for hydroxylation is 1. The highest BCUT2D eigenvalue weighted by Crippen LogP contribution is 2.31. The van der Waals surface area contributed by atoms with Crippen LogP contribution in [0.2, 0.25) is 0 Å². The van der Waals surface area contributed by atoms with E-state index >= 15 is 0 Å². The van der Waals surface area contributed by atoms with Gasteiger partial charge in [0.25, 0.3) is 5.78 Å². The number of hydrogen-bond donors (Lipinski definition) is 0. The summed E-state index contributed by atoms with van der Waals surface area (Å²) in [4.78, 5) is 21.1. The lowest BCUT2D eigenvalue weighted by Gasteiger charge is -2.18. The molecule has 0 unspecified atom stereocenters. The first kappa shape index (κ1) is 12.9. The fraction of sp³-hybridized carbons (Fsp3) is 0.250. The van der Waals surface area contributed by atoms with Gasteiger partial charge in [-0.1, -0.05) is 0 Å². The van der Waals surface area contributed by atoms with E-state index in [1.54, 1.807) is 11.6 Å². The smallest absolute Gasteiger partial charge is 0.252 e. The molecule has 0 amide bonds. The van der Waals surface area contributed by atoms with Crippen molar-refractivity contribution in [3.05, 3.63) is 41.9 Å². The van der Waals surface area contributed by atoms with Gasteiger partial charge in [-0.05, 0) is 37.1 Å². The van der Waals surface area contributed by atoms with Gasteiger partial charge >= 0.3 is 0 Å². The summed E-state index contributed by atoms with van der Waals surface area (Å²) in [6, 6.07) is 7.60. The van der Waals surface area contributed by atoms with Crippen molar-refractivity contribution < 1.29 is 9.53 Å². The van der Waals surface area contributed by atoms with Gasteiger partial charge in [0, 0.05) is 12.0 Å². The number of carbonyl (C=O) groups excluding carboxylic acids is 1. The molecular weight excluding hydrogens is 280 g/mol. The zero-order chi connectivity index (χ0) is 15.1. The molecule has 3 aromatic rings. The standard InChI is InChI=1S/C16H14N4O2/c1-22-11-7-5-10(6-8-11)15-14-12(3-2-4-13(14)21)19-16-17-9-18-20(15)16/h5-9H,2-4H2,1H3. The highest BCUT2D eigenvalue weighted by Gasteiger charge is 2.26. The van der Waals surface area contributed by atoms with Crippen molar-refractivity contribution in [2.24, 2.45) is 0 Å². The Morgan fingerprint density at radius 1 is 1.18 bits per heavy atom. The van der Waals surface area contributed by atoms with E-state index in [0.29, 0.717) is 17.8 Å². The summed E-state index contributed by atoms with van der Waals surface area (Å²) in [6.45, 7) is 0. The number of carbonyl (C=O) groups is 1. The first-order valence-corrected chi connectivity index (χ1v) is 7.18. The van der Waals surface area contributed by atoms with Crippen LogP contribution in [0.1, 0.15) is 28.9 Å². The van der Waals surface area contributed by atoms with Crippen LogP contribution >= 0.6 is 0 Å². The van der Waals surface area contributed by atoms with Crippen LogP contribution in [0.5, 0.6) is 5.75 Å². The van der Waals surface area contributed by atoms with Crippen LogP contribution in [0.15, 0.2) is 30.6 Å². The second-order valence-corrected chi connectivity index (χ2v) is 5.26. The molecule has 22 heavy (non-hydrogen) atoms. The van der Waals surface area contributed by atoms with E-state index < -0.39 is 0 Å². The van der Waals surface area contributed by atoms with Gasteiger partial charge in [-0.25, -0.2) is 4.98 Å². The normalized spacial score (nSPS) is 14.1. The van der Waals surface area contributed by atoms with E-state index in [-0.39, 0.29) is 5.78 Å². The van der Waals surface area contributed by atoms with Gasteiger partial charge in [0.05, 0.1) is 24.1 Å². The number of hydrogen-bond acceptors (Lipinski definition) is 5. The maximum Gasteiger partial charge on any atom is 0.252 e. The maximum absolute atomic E-state index is 12.4. The van der Waals surface area contributed by atoms with Gasteiger partial charge in [0.2, 0.25) is 0 Å². The summed E-state index contributed by atoms with van der Waals surface area (Å²) in [7, 11) is 1.63. The van der Waals surface area contributed by atoms with Crippen molar-refractivity contribution in [2.75, 3.05) is 7.11 Å². The van der Waals surface area contributed by atoms with E-state index in [1.807, 2.05) is 24.3 Å². The molecular formula is C16H14N4O2. The van der Waals surface area contributed by atoms with Crippen LogP contribution in [-0.2, 0) is 6.42 Å². The van der Waals surface area contributed by atoms with Gasteiger partial charge < -0.3 is 4.74 Å². The second kappa shape index (κ2) is 4.91. The SMILES string of the molecule is COc1ccc(-c2c3c(nc4ncnn24)CCCC3=O)cc1. The minimum absolute atomic E-state index is 0.122. The summed E-state index contributed by atoms with van der Waals surface area (Å²) in [5.41, 5.74) is 3.17. The molecule has 0 fully saturated rings. The third kappa shape index (κ3) is 1.88. The first-order chi connectivity index (χ1) is 10.8. The Morgan fingerprint density at radius 2 is 2.00 bits per heavy atom. The van der Waals surface area contributed by atoms with E-state index in [4.69, 9.17) is 4.74 Å². The van der Waals surface area contributed by atoms with E-state index in [0.717, 1.165) is 35.5 Å². The highest BCUT2D eigenvalue weighted by atomic mass is 16.5. The van der Waals surface area contributed by atoms with E-state index in [2.05, 4.69) is 15.1 Å². The largest absolute Gasteiger partial charge is 0.497 e. The molecule has 2 aromatic heterocycles. The van der Waals surface area contributed by atoms with Crippen LogP contribution in [0.3, 0.4) is 0 Å². The average Bonchev–Trinajstić information content (AvgIpc) is 3.01. The predicted octanol–water partition coefficient (Wildman–Crippen LogP) is 2.32. The summed E-state index contributed by atoms with van der Waals surface area (Å²) >= 11 is 0. The Kier molecular flexibility index (Phi) is 2.89. The lowest BCUT2D eigenvalue weighted by molar-refractivity contribution is 0.0971. The number of nitrogens with zero attached hydrogens (tertiary/aromatic N) is 4. The monoisotopic (exact) mass is 294 g/mol. The molecule has 1 aliphatic carbocycles. The van der Waals surface area contributed by atoms with E-state index in [9.17, 15) is 4.79 Å². The number of ketones is 1. The minimum Gasteiger partial charge on any atom is -0.497 e. The Hall–Kier alpha value is -2.76. The fourth-order valence-electron chi connectivity index (χ4n) is 2.92. The van der Waals surface area contributed by atoms with Crippen molar-refractivity contribution in [3.8, 4) is 17.0 Å². The molecule has 4 rings (SSSR count). The van der Waals surface area contributed by atoms with Crippen molar-refractivity contribution in [1.82, 2.24) is 19.6 Å². The molecule has 110 valence electrons. The maximum atomic E-state index is 12.4. The molecule has 0 saturated heterocycles. The number of ether oxygens (including phenoxy) is 1. The Balaban J connectivity index is 2.03. The number of benzene rings is 1. The van der Waals surface area contributed by atoms with Crippen LogP contribution in [0, 0.1) is 0 Å². The molecule has 2 heterocycles. The Labute approximate surface area is 126 Å². The van der Waals surface area contributed by atoms with Crippen molar-refractivity contribution >= 4 is 11.6 Å². The quantitative estimate of drug-likeness (QED) is 0.725. The molecule has 0 radical (unpaired) electrons. The van der Waals surface area contributed by atoms with Crippen molar-refractivity contribution in [3.63, 3.8) is 0 Å². The third-order valence-corrected chi connectivity index (χ3v) is 3.96. The van der Waals surface area contributed by atoms with E-state index in [1.165, 1.54) is 6.33 Å². The van der Waals surface area contributed by atoms with Crippen LogP contribution < -0.4 is 4.74 Å². The van der Waals surface area contributed by atoms with Crippen molar-refractivity contribution in [2.45, 2.75) is 19.3 Å². The van der Waals surface area contributed by atoms with Gasteiger partial charge in [-0.3, -0.25) is 4.79 Å². The average molecular weight is 294 g/mol. The number of methoxy groups -OCH3 is 1. The minimum atomic E-state index is 0.122. The van der Waals surface area contributed by atoms with Crippen molar-refractivity contribution in [1.29, 1.82) is 0 Å². The number of fused-ring (bicyclic) bond motifs is 2. The van der Waals surface area contributed by atoms with Gasteiger partial charge in [-0.15, -0.1) is 0 Å². The molecule has 1 aromatic carbocycles. The molecule has 1 aliphatic rings. The summed E-state index contributed by atoms with van der Waals surface area (Å²) in [5.74, 6) is 1.42. The molecule has 0 spiro atoms. The third-order valence-electron chi connectivity index (χ3n) is 3.96. The predicted molar refractivity (Wildman–Crippen MR) is 80.0 cm³/mol. The Bertz CT molecular complexity index is 868. The lowest BCUT2D eigenvalue weighted by Crippen LogP contribution is -2.17. The zero-order valence-electron chi connectivity index (χ0n) is 12.1. The topological polar surface area (TPSA) is 69.4 Å². The lowest BCUT2D eigenvalue weighted by atomic mass is 9.91. The number of Topliss-reactive ketones (excluding diaryl/α,β-unsaturated/α-hetero) is 1. The Morgan fingerprint density at radius 3 is 2.77 bits per heavy atom. The molecule has 6 heteroatoms. The molecule has 0 saturated carbocycles.